The number of nitrogens with one attached hydrogen (secondary N) is 1. The van der Waals surface area contributed by atoms with Crippen LogP contribution in [-0.4, -0.2) is 17.6 Å². The second-order valence-corrected chi connectivity index (χ2v) is 5.49. The molecule has 0 spiro atoms. The van der Waals surface area contributed by atoms with Crippen LogP contribution in [0, 0.1) is 5.82 Å². The number of rotatable bonds is 5. The normalized spacial score (nSPS) is 21.4. The standard InChI is InChI=1S/C17H19FN2/c18-16-5-1-4-14(9-16)15-10-17(11-15)20-8-6-13-3-2-7-19-12-13/h1-5,7,9,12,15,17,20H,6,8,10-11H2. The van der Waals surface area contributed by atoms with Crippen LogP contribution in [0.2, 0.25) is 0 Å². The molecule has 1 aliphatic carbocycles. The van der Waals surface area contributed by atoms with Gasteiger partial charge in [0.2, 0.25) is 0 Å². The minimum Gasteiger partial charge on any atom is -0.314 e. The van der Waals surface area contributed by atoms with Crippen molar-refractivity contribution in [2.24, 2.45) is 0 Å². The van der Waals surface area contributed by atoms with Crippen LogP contribution in [0.4, 0.5) is 4.39 Å². The van der Waals surface area contributed by atoms with E-state index in [1.165, 1.54) is 11.6 Å². The summed E-state index contributed by atoms with van der Waals surface area (Å²) in [4.78, 5) is 4.11. The summed E-state index contributed by atoms with van der Waals surface area (Å²) in [5.74, 6) is 0.386. The summed E-state index contributed by atoms with van der Waals surface area (Å²) >= 11 is 0. The van der Waals surface area contributed by atoms with Gasteiger partial charge >= 0.3 is 0 Å². The minimum atomic E-state index is -0.129. The first-order valence-corrected chi connectivity index (χ1v) is 7.19. The summed E-state index contributed by atoms with van der Waals surface area (Å²) in [5.41, 5.74) is 2.40. The molecule has 2 nitrogen and oxygen atoms in total. The molecule has 0 amide bonds. The van der Waals surface area contributed by atoms with Gasteiger partial charge in [0, 0.05) is 18.4 Å². The number of nitrogens with zero attached hydrogens (tertiary/aromatic N) is 1. The van der Waals surface area contributed by atoms with Gasteiger partial charge in [0.25, 0.3) is 0 Å². The number of hydrogen-bond donors (Lipinski definition) is 1. The van der Waals surface area contributed by atoms with Gasteiger partial charge < -0.3 is 5.32 Å². The van der Waals surface area contributed by atoms with E-state index in [2.05, 4.69) is 16.4 Å². The Bertz CT molecular complexity index is 550. The monoisotopic (exact) mass is 270 g/mol. The lowest BCUT2D eigenvalue weighted by atomic mass is 9.76. The summed E-state index contributed by atoms with van der Waals surface area (Å²) in [6, 6.07) is 11.6. The van der Waals surface area contributed by atoms with E-state index in [4.69, 9.17) is 0 Å². The van der Waals surface area contributed by atoms with Crippen LogP contribution >= 0.6 is 0 Å². The van der Waals surface area contributed by atoms with Gasteiger partial charge in [-0.2, -0.15) is 0 Å². The first-order valence-electron chi connectivity index (χ1n) is 7.19. The number of halogens is 1. The van der Waals surface area contributed by atoms with Crippen LogP contribution in [0.3, 0.4) is 0 Å². The summed E-state index contributed by atoms with van der Waals surface area (Å²) in [6.07, 6.45) is 6.94. The van der Waals surface area contributed by atoms with Crippen molar-refractivity contribution in [2.45, 2.75) is 31.2 Å². The lowest BCUT2D eigenvalue weighted by Gasteiger charge is -2.36. The summed E-state index contributed by atoms with van der Waals surface area (Å²) in [7, 11) is 0. The maximum Gasteiger partial charge on any atom is 0.123 e. The second kappa shape index (κ2) is 6.14. The van der Waals surface area contributed by atoms with E-state index in [9.17, 15) is 4.39 Å². The Hall–Kier alpha value is -1.74. The van der Waals surface area contributed by atoms with Crippen molar-refractivity contribution < 1.29 is 4.39 Å². The molecule has 1 N–H and O–H groups in total. The van der Waals surface area contributed by atoms with E-state index in [-0.39, 0.29) is 5.82 Å². The molecule has 20 heavy (non-hydrogen) atoms. The molecule has 3 rings (SSSR count). The van der Waals surface area contributed by atoms with Crippen molar-refractivity contribution in [1.82, 2.24) is 10.3 Å². The maximum absolute atomic E-state index is 13.2. The van der Waals surface area contributed by atoms with E-state index in [0.29, 0.717) is 12.0 Å². The van der Waals surface area contributed by atoms with Gasteiger partial charge in [-0.05, 0) is 61.1 Å². The Morgan fingerprint density at radius 3 is 2.85 bits per heavy atom. The summed E-state index contributed by atoms with van der Waals surface area (Å²) in [5, 5.41) is 3.56. The van der Waals surface area contributed by atoms with E-state index in [1.807, 2.05) is 18.3 Å². The predicted molar refractivity (Wildman–Crippen MR) is 78.1 cm³/mol. The fourth-order valence-electron chi connectivity index (χ4n) is 2.78. The third-order valence-electron chi connectivity index (χ3n) is 4.03. The highest BCUT2D eigenvalue weighted by Crippen LogP contribution is 2.36. The molecule has 0 bridgehead atoms. The molecule has 1 heterocycles. The molecule has 1 aromatic heterocycles. The fraction of sp³-hybridized carbons (Fsp3) is 0.353. The van der Waals surface area contributed by atoms with Gasteiger partial charge in [-0.15, -0.1) is 0 Å². The Labute approximate surface area is 119 Å². The van der Waals surface area contributed by atoms with Gasteiger partial charge in [0.15, 0.2) is 0 Å². The predicted octanol–water partition coefficient (Wildman–Crippen LogP) is 3.30. The second-order valence-electron chi connectivity index (χ2n) is 5.49. The molecule has 0 aliphatic heterocycles. The topological polar surface area (TPSA) is 24.9 Å². The molecule has 2 aromatic rings. The highest BCUT2D eigenvalue weighted by atomic mass is 19.1. The van der Waals surface area contributed by atoms with Crippen LogP contribution in [-0.2, 0) is 6.42 Å². The average molecular weight is 270 g/mol. The molecular formula is C17H19FN2. The molecule has 1 aliphatic rings. The molecule has 0 unspecified atom stereocenters. The minimum absolute atomic E-state index is 0.129. The molecule has 1 aromatic carbocycles. The van der Waals surface area contributed by atoms with Gasteiger partial charge in [-0.25, -0.2) is 4.39 Å². The van der Waals surface area contributed by atoms with E-state index < -0.39 is 0 Å². The third-order valence-corrected chi connectivity index (χ3v) is 4.03. The first kappa shape index (κ1) is 13.3. The molecule has 0 saturated heterocycles. The van der Waals surface area contributed by atoms with Gasteiger partial charge in [0.1, 0.15) is 5.82 Å². The zero-order valence-electron chi connectivity index (χ0n) is 11.4. The van der Waals surface area contributed by atoms with E-state index in [1.54, 1.807) is 18.3 Å². The Morgan fingerprint density at radius 2 is 2.10 bits per heavy atom. The van der Waals surface area contributed by atoms with E-state index in [0.717, 1.165) is 31.4 Å². The molecule has 1 fully saturated rings. The number of benzene rings is 1. The van der Waals surface area contributed by atoms with Crippen LogP contribution in [0.5, 0.6) is 0 Å². The molecule has 3 heteroatoms. The van der Waals surface area contributed by atoms with Crippen LogP contribution in [0.1, 0.15) is 29.9 Å². The van der Waals surface area contributed by atoms with Gasteiger partial charge in [-0.1, -0.05) is 18.2 Å². The maximum atomic E-state index is 13.2. The quantitative estimate of drug-likeness (QED) is 0.901. The highest BCUT2D eigenvalue weighted by molar-refractivity contribution is 5.23. The van der Waals surface area contributed by atoms with Gasteiger partial charge in [0.05, 0.1) is 0 Å². The van der Waals surface area contributed by atoms with Crippen molar-refractivity contribution in [3.8, 4) is 0 Å². The Balaban J connectivity index is 1.40. The zero-order valence-corrected chi connectivity index (χ0v) is 11.4. The fourth-order valence-corrected chi connectivity index (χ4v) is 2.78. The largest absolute Gasteiger partial charge is 0.314 e. The average Bonchev–Trinajstić information content (AvgIpc) is 2.42. The van der Waals surface area contributed by atoms with Crippen LogP contribution in [0.15, 0.2) is 48.8 Å². The van der Waals surface area contributed by atoms with Crippen LogP contribution < -0.4 is 5.32 Å². The molecule has 1 saturated carbocycles. The Morgan fingerprint density at radius 1 is 1.20 bits per heavy atom. The highest BCUT2D eigenvalue weighted by Gasteiger charge is 2.29. The first-order chi connectivity index (χ1) is 9.81. The van der Waals surface area contributed by atoms with Crippen molar-refractivity contribution >= 4 is 0 Å². The number of aromatic nitrogens is 1. The van der Waals surface area contributed by atoms with Crippen molar-refractivity contribution in [1.29, 1.82) is 0 Å². The zero-order chi connectivity index (χ0) is 13.8. The smallest absolute Gasteiger partial charge is 0.123 e. The van der Waals surface area contributed by atoms with Crippen molar-refractivity contribution in [2.75, 3.05) is 6.54 Å². The molecule has 0 radical (unpaired) electrons. The van der Waals surface area contributed by atoms with Crippen LogP contribution in [0.25, 0.3) is 0 Å². The Kier molecular flexibility index (Phi) is 4.07. The van der Waals surface area contributed by atoms with Crippen molar-refractivity contribution in [3.63, 3.8) is 0 Å². The lowest BCUT2D eigenvalue weighted by Crippen LogP contribution is -2.40. The number of hydrogen-bond acceptors (Lipinski definition) is 2. The molecule has 0 atom stereocenters. The lowest BCUT2D eigenvalue weighted by molar-refractivity contribution is 0.292. The molecule has 104 valence electrons. The van der Waals surface area contributed by atoms with Gasteiger partial charge in [-0.3, -0.25) is 4.98 Å². The summed E-state index contributed by atoms with van der Waals surface area (Å²) in [6.45, 7) is 0.978. The van der Waals surface area contributed by atoms with E-state index >= 15 is 0 Å². The van der Waals surface area contributed by atoms with Crippen molar-refractivity contribution in [3.05, 3.63) is 65.7 Å². The third kappa shape index (κ3) is 3.23. The summed E-state index contributed by atoms with van der Waals surface area (Å²) < 4.78 is 13.2. The molecular weight excluding hydrogens is 251 g/mol. The number of pyridine rings is 1. The SMILES string of the molecule is Fc1cccc(C2CC(NCCc3cccnc3)C2)c1.